The number of benzene rings is 3. The van der Waals surface area contributed by atoms with Crippen LogP contribution < -0.4 is 4.74 Å². The average molecular weight is 381 g/mol. The highest BCUT2D eigenvalue weighted by atomic mass is 32.2. The van der Waals surface area contributed by atoms with E-state index >= 15 is 0 Å². The molecule has 0 spiro atoms. The lowest BCUT2D eigenvalue weighted by Gasteiger charge is -2.17. The molecule has 27 heavy (non-hydrogen) atoms. The molecule has 0 saturated carbocycles. The van der Waals surface area contributed by atoms with Crippen molar-refractivity contribution < 1.29 is 13.2 Å². The maximum atomic E-state index is 13.1. The Morgan fingerprint density at radius 3 is 2.22 bits per heavy atom. The van der Waals surface area contributed by atoms with Gasteiger partial charge in [-0.1, -0.05) is 61.5 Å². The van der Waals surface area contributed by atoms with Gasteiger partial charge in [0, 0.05) is 0 Å². The normalized spacial score (nSPS) is 12.5. The van der Waals surface area contributed by atoms with E-state index in [0.29, 0.717) is 17.9 Å². The second-order valence-electron chi connectivity index (χ2n) is 6.60. The van der Waals surface area contributed by atoms with E-state index in [-0.39, 0.29) is 0 Å². The van der Waals surface area contributed by atoms with Crippen LogP contribution in [0.1, 0.15) is 35.3 Å². The van der Waals surface area contributed by atoms with Crippen molar-refractivity contribution in [3.05, 3.63) is 95.6 Å². The molecule has 0 aromatic heterocycles. The van der Waals surface area contributed by atoms with Crippen molar-refractivity contribution in [3.8, 4) is 5.75 Å². The molecule has 0 saturated heterocycles. The molecule has 0 amide bonds. The molecule has 0 N–H and O–H groups in total. The molecule has 0 aliphatic carbocycles. The molecule has 0 heterocycles. The molecule has 0 aliphatic rings. The topological polar surface area (TPSA) is 43.4 Å². The van der Waals surface area contributed by atoms with Crippen molar-refractivity contribution >= 4 is 9.84 Å². The van der Waals surface area contributed by atoms with E-state index in [1.165, 1.54) is 0 Å². The van der Waals surface area contributed by atoms with Crippen molar-refractivity contribution in [3.63, 3.8) is 0 Å². The van der Waals surface area contributed by atoms with Gasteiger partial charge in [0.05, 0.1) is 10.1 Å². The molecule has 3 nitrogen and oxygen atoms in total. The molecule has 0 aliphatic heterocycles. The van der Waals surface area contributed by atoms with Crippen LogP contribution in [-0.2, 0) is 16.4 Å². The third-order valence-electron chi connectivity index (χ3n) is 4.56. The van der Waals surface area contributed by atoms with Crippen LogP contribution in [0.2, 0.25) is 0 Å². The number of sulfone groups is 1. The molecule has 1 unspecified atom stereocenters. The minimum atomic E-state index is -3.44. The zero-order valence-corrected chi connectivity index (χ0v) is 16.4. The third kappa shape index (κ3) is 4.58. The van der Waals surface area contributed by atoms with Gasteiger partial charge in [0.2, 0.25) is 0 Å². The molecule has 140 valence electrons. The van der Waals surface area contributed by atoms with E-state index in [1.54, 1.807) is 18.2 Å². The summed E-state index contributed by atoms with van der Waals surface area (Å²) in [5.41, 5.74) is 2.82. The summed E-state index contributed by atoms with van der Waals surface area (Å²) in [7, 11) is -3.44. The van der Waals surface area contributed by atoms with Gasteiger partial charge in [0.1, 0.15) is 12.4 Å². The summed E-state index contributed by atoms with van der Waals surface area (Å²) in [5, 5.41) is -0.567. The number of hydrogen-bond acceptors (Lipinski definition) is 3. The van der Waals surface area contributed by atoms with Gasteiger partial charge in [0.15, 0.2) is 9.84 Å². The molecule has 3 aromatic carbocycles. The van der Waals surface area contributed by atoms with E-state index in [4.69, 9.17) is 4.74 Å². The quantitative estimate of drug-likeness (QED) is 0.544. The lowest BCUT2D eigenvalue weighted by Crippen LogP contribution is -2.13. The average Bonchev–Trinajstić information content (AvgIpc) is 2.68. The molecule has 3 aromatic rings. The van der Waals surface area contributed by atoms with E-state index < -0.39 is 15.1 Å². The van der Waals surface area contributed by atoms with Crippen LogP contribution in [0.4, 0.5) is 0 Å². The van der Waals surface area contributed by atoms with Gasteiger partial charge in [-0.05, 0) is 54.3 Å². The van der Waals surface area contributed by atoms with Crippen molar-refractivity contribution in [1.82, 2.24) is 0 Å². The van der Waals surface area contributed by atoms with Crippen molar-refractivity contribution in [1.29, 1.82) is 0 Å². The standard InChI is InChI=1S/C23H24O3S/c1-3-23(27(24,25)22-11-7-8-18(2)16-22)20-12-14-21(15-13-20)26-17-19-9-5-4-6-10-19/h4-16,23H,3,17H2,1-2H3. The van der Waals surface area contributed by atoms with Gasteiger partial charge in [0.25, 0.3) is 0 Å². The van der Waals surface area contributed by atoms with E-state index in [9.17, 15) is 8.42 Å². The summed E-state index contributed by atoms with van der Waals surface area (Å²) in [6.07, 6.45) is 0.514. The zero-order valence-electron chi connectivity index (χ0n) is 15.6. The monoisotopic (exact) mass is 380 g/mol. The predicted molar refractivity (Wildman–Crippen MR) is 109 cm³/mol. The second-order valence-corrected chi connectivity index (χ2v) is 8.73. The van der Waals surface area contributed by atoms with E-state index in [0.717, 1.165) is 22.4 Å². The molecule has 3 rings (SSSR count). The number of rotatable bonds is 7. The molecule has 1 atom stereocenters. The van der Waals surface area contributed by atoms with Crippen LogP contribution in [-0.4, -0.2) is 8.42 Å². The highest BCUT2D eigenvalue weighted by Crippen LogP contribution is 2.32. The molecule has 0 fully saturated rings. The Morgan fingerprint density at radius 2 is 1.59 bits per heavy atom. The van der Waals surface area contributed by atoms with Crippen LogP contribution in [0, 0.1) is 6.92 Å². The largest absolute Gasteiger partial charge is 0.489 e. The third-order valence-corrected chi connectivity index (χ3v) is 6.83. The first-order valence-electron chi connectivity index (χ1n) is 9.08. The molecule has 0 bridgehead atoms. The van der Waals surface area contributed by atoms with Crippen molar-refractivity contribution in [2.24, 2.45) is 0 Å². The Labute approximate surface area is 161 Å². The Kier molecular flexibility index (Phi) is 5.97. The van der Waals surface area contributed by atoms with Gasteiger partial charge in [-0.2, -0.15) is 0 Å². The Balaban J connectivity index is 1.78. The van der Waals surface area contributed by atoms with Crippen molar-refractivity contribution in [2.45, 2.75) is 37.0 Å². The fourth-order valence-electron chi connectivity index (χ4n) is 3.11. The summed E-state index contributed by atoms with van der Waals surface area (Å²) in [6, 6.07) is 24.4. The highest BCUT2D eigenvalue weighted by Gasteiger charge is 2.27. The first-order chi connectivity index (χ1) is 13.0. The summed E-state index contributed by atoms with van der Waals surface area (Å²) in [5.74, 6) is 0.727. The van der Waals surface area contributed by atoms with Crippen LogP contribution in [0.3, 0.4) is 0 Å². The fourth-order valence-corrected chi connectivity index (χ4v) is 5.01. The molecule has 0 radical (unpaired) electrons. The number of ether oxygens (including phenoxy) is 1. The lowest BCUT2D eigenvalue weighted by molar-refractivity contribution is 0.306. The molecular formula is C23H24O3S. The van der Waals surface area contributed by atoms with Gasteiger partial charge in [-0.3, -0.25) is 0 Å². The summed E-state index contributed by atoms with van der Waals surface area (Å²) < 4.78 is 32.0. The van der Waals surface area contributed by atoms with Crippen LogP contribution in [0.5, 0.6) is 5.75 Å². The minimum absolute atomic E-state index is 0.374. The highest BCUT2D eigenvalue weighted by molar-refractivity contribution is 7.91. The second kappa shape index (κ2) is 8.40. The van der Waals surface area contributed by atoms with Crippen LogP contribution >= 0.6 is 0 Å². The summed E-state index contributed by atoms with van der Waals surface area (Å²) >= 11 is 0. The maximum Gasteiger partial charge on any atom is 0.185 e. The number of aryl methyl sites for hydroxylation is 1. The predicted octanol–water partition coefficient (Wildman–Crippen LogP) is 5.50. The first kappa shape index (κ1) is 19.2. The van der Waals surface area contributed by atoms with Gasteiger partial charge >= 0.3 is 0 Å². The SMILES string of the molecule is CCC(c1ccc(OCc2ccccc2)cc1)S(=O)(=O)c1cccc(C)c1. The Hall–Kier alpha value is -2.59. The van der Waals surface area contributed by atoms with E-state index in [2.05, 4.69) is 0 Å². The van der Waals surface area contributed by atoms with Gasteiger partial charge < -0.3 is 4.74 Å². The van der Waals surface area contributed by atoms with Gasteiger partial charge in [-0.25, -0.2) is 8.42 Å². The molecule has 4 heteroatoms. The van der Waals surface area contributed by atoms with Crippen molar-refractivity contribution in [2.75, 3.05) is 0 Å². The fraction of sp³-hybridized carbons (Fsp3) is 0.217. The lowest BCUT2D eigenvalue weighted by atomic mass is 10.1. The summed E-state index contributed by atoms with van der Waals surface area (Å²) in [6.45, 7) is 4.29. The smallest absolute Gasteiger partial charge is 0.185 e. The first-order valence-corrected chi connectivity index (χ1v) is 10.6. The van der Waals surface area contributed by atoms with Crippen LogP contribution in [0.15, 0.2) is 83.8 Å². The van der Waals surface area contributed by atoms with Crippen LogP contribution in [0.25, 0.3) is 0 Å². The molecular weight excluding hydrogens is 356 g/mol. The number of hydrogen-bond donors (Lipinski definition) is 0. The maximum absolute atomic E-state index is 13.1. The Morgan fingerprint density at radius 1 is 0.889 bits per heavy atom. The minimum Gasteiger partial charge on any atom is -0.489 e. The van der Waals surface area contributed by atoms with E-state index in [1.807, 2.05) is 74.5 Å². The summed E-state index contributed by atoms with van der Waals surface area (Å²) in [4.78, 5) is 0.374. The Bertz CT molecular complexity index is 978. The van der Waals surface area contributed by atoms with Gasteiger partial charge in [-0.15, -0.1) is 0 Å². The zero-order chi connectivity index (χ0) is 19.3.